The summed E-state index contributed by atoms with van der Waals surface area (Å²) in [5.74, 6) is 0.318. The van der Waals surface area contributed by atoms with Crippen LogP contribution >= 0.6 is 11.6 Å². The maximum absolute atomic E-state index is 11.5. The average Bonchev–Trinajstić information content (AvgIpc) is 2.45. The third-order valence-corrected chi connectivity index (χ3v) is 2.95. The van der Waals surface area contributed by atoms with Gasteiger partial charge in [0.25, 0.3) is 0 Å². The number of carbonyl (C=O) groups is 1. The molecule has 0 bridgehead atoms. The molecule has 0 amide bonds. The summed E-state index contributed by atoms with van der Waals surface area (Å²) in [6.07, 6.45) is -1.18. The van der Waals surface area contributed by atoms with Gasteiger partial charge in [0.15, 0.2) is 16.9 Å². The lowest BCUT2D eigenvalue weighted by Crippen LogP contribution is -2.25. The molecule has 0 heterocycles. The van der Waals surface area contributed by atoms with E-state index in [-0.39, 0.29) is 6.61 Å². The van der Waals surface area contributed by atoms with Crippen molar-refractivity contribution in [2.24, 2.45) is 0 Å². The summed E-state index contributed by atoms with van der Waals surface area (Å²) in [6.45, 7) is 1.88. The maximum Gasteiger partial charge on any atom is 0.327 e. The van der Waals surface area contributed by atoms with Gasteiger partial charge < -0.3 is 19.3 Å². The monoisotopic (exact) mass is 288 g/mol. The summed E-state index contributed by atoms with van der Waals surface area (Å²) in [7, 11) is 2.99. The van der Waals surface area contributed by atoms with Crippen LogP contribution in [0.1, 0.15) is 18.6 Å². The van der Waals surface area contributed by atoms with Crippen molar-refractivity contribution in [1.29, 1.82) is 0 Å². The molecule has 0 saturated heterocycles. The fourth-order valence-electron chi connectivity index (χ4n) is 1.56. The molecule has 0 radical (unpaired) electrons. The minimum atomic E-state index is -1.18. The van der Waals surface area contributed by atoms with E-state index in [9.17, 15) is 9.90 Å². The molecule has 5 nitrogen and oxygen atoms in total. The number of esters is 1. The Hall–Kier alpha value is -1.46. The number of rotatable bonds is 6. The third-order valence-electron chi connectivity index (χ3n) is 2.54. The second-order valence-corrected chi connectivity index (χ2v) is 4.18. The lowest BCUT2D eigenvalue weighted by Gasteiger charge is -2.17. The van der Waals surface area contributed by atoms with Gasteiger partial charge >= 0.3 is 5.97 Å². The Morgan fingerprint density at radius 2 is 1.95 bits per heavy atom. The van der Waals surface area contributed by atoms with Crippen molar-refractivity contribution in [2.75, 3.05) is 20.8 Å². The number of hydrogen-bond acceptors (Lipinski definition) is 5. The molecule has 0 fully saturated rings. The molecule has 106 valence electrons. The highest BCUT2D eigenvalue weighted by molar-refractivity contribution is 6.30. The minimum Gasteiger partial charge on any atom is -0.493 e. The Bertz CT molecular complexity index is 435. The third kappa shape index (κ3) is 3.75. The van der Waals surface area contributed by atoms with E-state index in [1.807, 2.05) is 0 Å². The number of alkyl halides is 1. The Labute approximate surface area is 117 Å². The van der Waals surface area contributed by atoms with Crippen molar-refractivity contribution in [3.8, 4) is 11.5 Å². The summed E-state index contributed by atoms with van der Waals surface area (Å²) >= 11 is 5.87. The molecule has 1 N–H and O–H groups in total. The van der Waals surface area contributed by atoms with Crippen LogP contribution in [0.15, 0.2) is 18.2 Å². The Morgan fingerprint density at radius 1 is 1.32 bits per heavy atom. The number of ether oxygens (including phenoxy) is 3. The van der Waals surface area contributed by atoms with Gasteiger partial charge in [-0.3, -0.25) is 4.79 Å². The molecule has 2 atom stereocenters. The van der Waals surface area contributed by atoms with Crippen LogP contribution in [-0.4, -0.2) is 37.3 Å². The zero-order chi connectivity index (χ0) is 14.4. The van der Waals surface area contributed by atoms with E-state index in [1.54, 1.807) is 25.1 Å². The van der Waals surface area contributed by atoms with Crippen LogP contribution in [0.25, 0.3) is 0 Å². The minimum absolute atomic E-state index is 0.209. The van der Waals surface area contributed by atoms with Gasteiger partial charge in [-0.15, -0.1) is 11.6 Å². The lowest BCUT2D eigenvalue weighted by atomic mass is 10.1. The number of aliphatic hydroxyl groups excluding tert-OH is 1. The molecule has 0 aromatic heterocycles. The molecule has 19 heavy (non-hydrogen) atoms. The first-order valence-electron chi connectivity index (χ1n) is 5.75. The molecule has 0 aliphatic heterocycles. The summed E-state index contributed by atoms with van der Waals surface area (Å²) in [6, 6.07) is 4.81. The molecule has 6 heteroatoms. The highest BCUT2D eigenvalue weighted by atomic mass is 35.5. The van der Waals surface area contributed by atoms with E-state index < -0.39 is 17.5 Å². The highest BCUT2D eigenvalue weighted by Crippen LogP contribution is 2.32. The molecule has 0 aliphatic carbocycles. The van der Waals surface area contributed by atoms with E-state index in [1.165, 1.54) is 14.2 Å². The normalized spacial score (nSPS) is 13.5. The van der Waals surface area contributed by atoms with Crippen LogP contribution in [0.4, 0.5) is 0 Å². The second-order valence-electron chi connectivity index (χ2n) is 3.71. The number of methoxy groups -OCH3 is 2. The van der Waals surface area contributed by atoms with Gasteiger partial charge in [0.2, 0.25) is 0 Å². The van der Waals surface area contributed by atoms with Gasteiger partial charge in [-0.2, -0.15) is 0 Å². The zero-order valence-corrected chi connectivity index (χ0v) is 11.8. The molecular formula is C13H17ClO5. The molecule has 0 saturated carbocycles. The Kier molecular flexibility index (Phi) is 5.92. The van der Waals surface area contributed by atoms with Crippen molar-refractivity contribution < 1.29 is 24.1 Å². The van der Waals surface area contributed by atoms with Crippen molar-refractivity contribution in [3.05, 3.63) is 23.8 Å². The lowest BCUT2D eigenvalue weighted by molar-refractivity contribution is -0.144. The van der Waals surface area contributed by atoms with Crippen molar-refractivity contribution >= 4 is 17.6 Å². The standard InChI is InChI=1S/C13H17ClO5/c1-4-19-13(16)11(14)12(15)8-5-6-9(17-2)10(7-8)18-3/h5-7,11-12,15H,4H2,1-3H3. The largest absolute Gasteiger partial charge is 0.493 e. The first kappa shape index (κ1) is 15.6. The molecule has 1 aromatic carbocycles. The first-order valence-corrected chi connectivity index (χ1v) is 6.19. The Balaban J connectivity index is 2.93. The van der Waals surface area contributed by atoms with Crippen LogP contribution in [0, 0.1) is 0 Å². The molecule has 1 rings (SSSR count). The highest BCUT2D eigenvalue weighted by Gasteiger charge is 2.27. The summed E-state index contributed by atoms with van der Waals surface area (Å²) < 4.78 is 15.0. The smallest absolute Gasteiger partial charge is 0.327 e. The van der Waals surface area contributed by atoms with E-state index in [2.05, 4.69) is 0 Å². The number of halogens is 1. The second kappa shape index (κ2) is 7.21. The summed E-state index contributed by atoms with van der Waals surface area (Å²) in [4.78, 5) is 11.5. The van der Waals surface area contributed by atoms with Crippen LogP contribution in [-0.2, 0) is 9.53 Å². The van der Waals surface area contributed by atoms with Crippen LogP contribution in [0.5, 0.6) is 11.5 Å². The van der Waals surface area contributed by atoms with Gasteiger partial charge in [-0.05, 0) is 24.6 Å². The van der Waals surface area contributed by atoms with Crippen molar-refractivity contribution in [3.63, 3.8) is 0 Å². The fourth-order valence-corrected chi connectivity index (χ4v) is 1.76. The van der Waals surface area contributed by atoms with Crippen molar-refractivity contribution in [2.45, 2.75) is 18.4 Å². The first-order chi connectivity index (χ1) is 9.04. The Morgan fingerprint density at radius 3 is 2.47 bits per heavy atom. The number of carbonyl (C=O) groups excluding carboxylic acids is 1. The fraction of sp³-hybridized carbons (Fsp3) is 0.462. The van der Waals surface area contributed by atoms with E-state index in [0.29, 0.717) is 17.1 Å². The predicted molar refractivity (Wildman–Crippen MR) is 70.8 cm³/mol. The number of benzene rings is 1. The predicted octanol–water partition coefficient (Wildman–Crippen LogP) is 1.91. The van der Waals surface area contributed by atoms with Crippen molar-refractivity contribution in [1.82, 2.24) is 0 Å². The van der Waals surface area contributed by atoms with Crippen LogP contribution in [0.3, 0.4) is 0 Å². The van der Waals surface area contributed by atoms with E-state index >= 15 is 0 Å². The molecule has 2 unspecified atom stereocenters. The van der Waals surface area contributed by atoms with Gasteiger partial charge in [0, 0.05) is 0 Å². The number of hydrogen-bond donors (Lipinski definition) is 1. The molecule has 0 spiro atoms. The van der Waals surface area contributed by atoms with Gasteiger partial charge in [0.05, 0.1) is 20.8 Å². The SMILES string of the molecule is CCOC(=O)C(Cl)C(O)c1ccc(OC)c(OC)c1. The maximum atomic E-state index is 11.5. The molecular weight excluding hydrogens is 272 g/mol. The zero-order valence-electron chi connectivity index (χ0n) is 11.1. The number of aliphatic hydroxyl groups is 1. The van der Waals surface area contributed by atoms with Gasteiger partial charge in [0.1, 0.15) is 6.10 Å². The molecule has 1 aromatic rings. The average molecular weight is 289 g/mol. The van der Waals surface area contributed by atoms with Gasteiger partial charge in [-0.25, -0.2) is 0 Å². The quantitative estimate of drug-likeness (QED) is 0.640. The van der Waals surface area contributed by atoms with Crippen LogP contribution < -0.4 is 9.47 Å². The van der Waals surface area contributed by atoms with E-state index in [0.717, 1.165) is 0 Å². The molecule has 0 aliphatic rings. The van der Waals surface area contributed by atoms with E-state index in [4.69, 9.17) is 25.8 Å². The van der Waals surface area contributed by atoms with Gasteiger partial charge in [-0.1, -0.05) is 6.07 Å². The summed E-state index contributed by atoms with van der Waals surface area (Å²) in [5, 5.41) is 8.87. The topological polar surface area (TPSA) is 65.0 Å². The summed E-state index contributed by atoms with van der Waals surface area (Å²) in [5.41, 5.74) is 0.450. The van der Waals surface area contributed by atoms with Crippen LogP contribution in [0.2, 0.25) is 0 Å².